The minimum atomic E-state index is -0.611. The van der Waals surface area contributed by atoms with Crippen LogP contribution in [0.2, 0.25) is 0 Å². The molecule has 1 saturated heterocycles. The Hall–Kier alpha value is -1.26. The molecule has 1 aromatic heterocycles. The largest absolute Gasteiger partial charge is 0.350 e. The van der Waals surface area contributed by atoms with Crippen LogP contribution in [-0.2, 0) is 14.3 Å². The summed E-state index contributed by atoms with van der Waals surface area (Å²) in [7, 11) is 0. The molecule has 2 atom stereocenters. The molecule has 1 aromatic rings. The zero-order valence-corrected chi connectivity index (χ0v) is 10.1. The first-order valence-corrected chi connectivity index (χ1v) is 5.78. The Balaban J connectivity index is 2.22. The zero-order chi connectivity index (χ0) is 12.3. The number of ether oxygens (including phenoxy) is 2. The lowest BCUT2D eigenvalue weighted by Gasteiger charge is -2.40. The topological polar surface area (TPSA) is 48.4 Å². The van der Waals surface area contributed by atoms with E-state index in [1.54, 1.807) is 12.4 Å². The molecule has 0 bridgehead atoms. The molecule has 1 fully saturated rings. The van der Waals surface area contributed by atoms with Crippen molar-refractivity contribution in [3.63, 3.8) is 0 Å². The lowest BCUT2D eigenvalue weighted by atomic mass is 9.93. The first-order chi connectivity index (χ1) is 8.12. The van der Waals surface area contributed by atoms with Gasteiger partial charge < -0.3 is 14.3 Å². The molecule has 0 amide bonds. The van der Waals surface area contributed by atoms with Crippen LogP contribution in [0.25, 0.3) is 0 Å². The van der Waals surface area contributed by atoms with E-state index in [1.807, 2.05) is 26.0 Å². The molecular formula is C13H17NO3. The fourth-order valence-corrected chi connectivity index (χ4v) is 2.03. The van der Waals surface area contributed by atoms with Crippen molar-refractivity contribution in [2.45, 2.75) is 32.2 Å². The first kappa shape index (κ1) is 12.2. The maximum absolute atomic E-state index is 10.7. The summed E-state index contributed by atoms with van der Waals surface area (Å²) in [5.74, 6) is -0.551. The highest BCUT2D eigenvalue weighted by molar-refractivity contribution is 5.50. The van der Waals surface area contributed by atoms with Crippen molar-refractivity contribution in [1.82, 2.24) is 4.98 Å². The molecule has 1 aliphatic heterocycles. The van der Waals surface area contributed by atoms with E-state index < -0.39 is 5.79 Å². The number of carbonyl (C=O) groups is 1. The predicted octanol–water partition coefficient (Wildman–Crippen LogP) is 2.11. The van der Waals surface area contributed by atoms with Crippen LogP contribution in [0.3, 0.4) is 0 Å². The number of aromatic nitrogens is 1. The fourth-order valence-electron chi connectivity index (χ4n) is 2.03. The number of carbonyl (C=O) groups excluding carboxylic acids is 1. The highest BCUT2D eigenvalue weighted by Crippen LogP contribution is 2.37. The molecule has 0 unspecified atom stereocenters. The average molecular weight is 235 g/mol. The molecule has 0 aliphatic carbocycles. The van der Waals surface area contributed by atoms with E-state index in [0.717, 1.165) is 11.8 Å². The number of pyridine rings is 1. The van der Waals surface area contributed by atoms with E-state index >= 15 is 0 Å². The van der Waals surface area contributed by atoms with Crippen molar-refractivity contribution in [1.29, 1.82) is 0 Å². The molecule has 4 nitrogen and oxygen atoms in total. The average Bonchev–Trinajstić information content (AvgIpc) is 2.32. The Morgan fingerprint density at radius 1 is 1.59 bits per heavy atom. The van der Waals surface area contributed by atoms with Crippen molar-refractivity contribution in [3.8, 4) is 0 Å². The summed E-state index contributed by atoms with van der Waals surface area (Å²) in [6.45, 7) is 4.30. The van der Waals surface area contributed by atoms with Gasteiger partial charge in [-0.15, -0.1) is 0 Å². The summed E-state index contributed by atoms with van der Waals surface area (Å²) >= 11 is 0. The summed E-state index contributed by atoms with van der Waals surface area (Å²) in [6.07, 6.45) is 4.74. The zero-order valence-electron chi connectivity index (χ0n) is 10.1. The maximum Gasteiger partial charge on any atom is 0.163 e. The lowest BCUT2D eigenvalue weighted by Crippen LogP contribution is -2.41. The van der Waals surface area contributed by atoms with E-state index in [-0.39, 0.29) is 12.0 Å². The third-order valence-electron chi connectivity index (χ3n) is 2.90. The Kier molecular flexibility index (Phi) is 3.54. The second kappa shape index (κ2) is 4.94. The third kappa shape index (κ3) is 2.90. The maximum atomic E-state index is 10.7. The molecule has 0 N–H and O–H groups in total. The van der Waals surface area contributed by atoms with Crippen molar-refractivity contribution in [3.05, 3.63) is 30.1 Å². The highest BCUT2D eigenvalue weighted by Gasteiger charge is 2.37. The van der Waals surface area contributed by atoms with Crippen LogP contribution in [0.4, 0.5) is 0 Å². The number of nitrogens with zero attached hydrogens (tertiary/aromatic N) is 1. The molecule has 0 aromatic carbocycles. The number of aldehydes is 1. The summed E-state index contributed by atoms with van der Waals surface area (Å²) in [6, 6.07) is 3.84. The molecule has 0 saturated carbocycles. The molecule has 1 aliphatic rings. The van der Waals surface area contributed by atoms with Crippen LogP contribution < -0.4 is 0 Å². The summed E-state index contributed by atoms with van der Waals surface area (Å²) < 4.78 is 11.5. The van der Waals surface area contributed by atoms with Gasteiger partial charge in [0.1, 0.15) is 6.29 Å². The molecule has 2 heterocycles. The van der Waals surface area contributed by atoms with Gasteiger partial charge in [0, 0.05) is 24.7 Å². The fraction of sp³-hybridized carbons (Fsp3) is 0.538. The second-order valence-corrected chi connectivity index (χ2v) is 4.70. The van der Waals surface area contributed by atoms with Gasteiger partial charge in [0.2, 0.25) is 0 Å². The van der Waals surface area contributed by atoms with Gasteiger partial charge in [0.25, 0.3) is 0 Å². The third-order valence-corrected chi connectivity index (χ3v) is 2.90. The summed E-state index contributed by atoms with van der Waals surface area (Å²) in [5.41, 5.74) is 0.996. The normalized spacial score (nSPS) is 27.6. The van der Waals surface area contributed by atoms with E-state index in [1.165, 1.54) is 0 Å². The van der Waals surface area contributed by atoms with E-state index in [2.05, 4.69) is 4.98 Å². The predicted molar refractivity (Wildman–Crippen MR) is 62.3 cm³/mol. The minimum Gasteiger partial charge on any atom is -0.350 e. The Morgan fingerprint density at radius 2 is 2.41 bits per heavy atom. The number of hydrogen-bond acceptors (Lipinski definition) is 4. The van der Waals surface area contributed by atoms with Crippen molar-refractivity contribution < 1.29 is 14.3 Å². The number of hydrogen-bond donors (Lipinski definition) is 0. The molecule has 0 radical (unpaired) electrons. The van der Waals surface area contributed by atoms with Gasteiger partial charge in [-0.1, -0.05) is 6.07 Å². The van der Waals surface area contributed by atoms with Gasteiger partial charge in [0.05, 0.1) is 12.7 Å². The van der Waals surface area contributed by atoms with E-state index in [9.17, 15) is 4.79 Å². The summed E-state index contributed by atoms with van der Waals surface area (Å²) in [5, 5.41) is 0. The van der Waals surface area contributed by atoms with E-state index in [4.69, 9.17) is 9.47 Å². The SMILES string of the molecule is CC1(C)OC[C@@H](CC=O)[C@@H](c2cccnc2)O1. The first-order valence-electron chi connectivity index (χ1n) is 5.78. The van der Waals surface area contributed by atoms with Gasteiger partial charge in [-0.25, -0.2) is 0 Å². The van der Waals surface area contributed by atoms with Gasteiger partial charge in [-0.2, -0.15) is 0 Å². The smallest absolute Gasteiger partial charge is 0.163 e. The van der Waals surface area contributed by atoms with Crippen LogP contribution in [0.5, 0.6) is 0 Å². The van der Waals surface area contributed by atoms with Gasteiger partial charge in [-0.3, -0.25) is 4.98 Å². The van der Waals surface area contributed by atoms with Gasteiger partial charge in [-0.05, 0) is 25.5 Å². The van der Waals surface area contributed by atoms with Crippen molar-refractivity contribution in [2.75, 3.05) is 6.61 Å². The van der Waals surface area contributed by atoms with Crippen LogP contribution >= 0.6 is 0 Å². The number of rotatable bonds is 3. The molecule has 92 valence electrons. The van der Waals surface area contributed by atoms with Crippen LogP contribution in [0, 0.1) is 5.92 Å². The lowest BCUT2D eigenvalue weighted by molar-refractivity contribution is -0.295. The van der Waals surface area contributed by atoms with Crippen LogP contribution in [-0.4, -0.2) is 23.7 Å². The van der Waals surface area contributed by atoms with Crippen LogP contribution in [0.1, 0.15) is 31.9 Å². The molecule has 2 rings (SSSR count). The van der Waals surface area contributed by atoms with E-state index in [0.29, 0.717) is 13.0 Å². The highest BCUT2D eigenvalue weighted by atomic mass is 16.7. The quantitative estimate of drug-likeness (QED) is 0.753. The molecular weight excluding hydrogens is 218 g/mol. The van der Waals surface area contributed by atoms with Gasteiger partial charge >= 0.3 is 0 Å². The molecule has 4 heteroatoms. The minimum absolute atomic E-state index is 0.0599. The monoisotopic (exact) mass is 235 g/mol. The Morgan fingerprint density at radius 3 is 3.06 bits per heavy atom. The Labute approximate surface area is 101 Å². The second-order valence-electron chi connectivity index (χ2n) is 4.70. The molecule has 0 spiro atoms. The van der Waals surface area contributed by atoms with Crippen LogP contribution in [0.15, 0.2) is 24.5 Å². The Bertz CT molecular complexity index is 378. The van der Waals surface area contributed by atoms with Crippen molar-refractivity contribution in [2.24, 2.45) is 5.92 Å². The standard InChI is InChI=1S/C13H17NO3/c1-13(2)16-9-11(5-7-15)12(17-13)10-4-3-6-14-8-10/h3-4,6-8,11-12H,5,9H2,1-2H3/t11-,12-/m1/s1. The summed E-state index contributed by atoms with van der Waals surface area (Å²) in [4.78, 5) is 14.8. The van der Waals surface area contributed by atoms with Gasteiger partial charge in [0.15, 0.2) is 5.79 Å². The molecule has 17 heavy (non-hydrogen) atoms. The van der Waals surface area contributed by atoms with Crippen molar-refractivity contribution >= 4 is 6.29 Å².